The van der Waals surface area contributed by atoms with Crippen LogP contribution in [-0.2, 0) is 20.4 Å². The largest absolute Gasteiger partial charge is 0.695 e. The highest BCUT2D eigenvalue weighted by atomic mass is 31.1. The summed E-state index contributed by atoms with van der Waals surface area (Å²) in [6, 6.07) is 6.46. The van der Waals surface area contributed by atoms with Gasteiger partial charge in [-0.2, -0.15) is 0 Å². The van der Waals surface area contributed by atoms with E-state index in [0.29, 0.717) is 17.7 Å². The number of benzene rings is 1. The lowest BCUT2D eigenvalue weighted by molar-refractivity contribution is 0.0526. The molecule has 0 aliphatic heterocycles. The molecule has 1 aromatic carbocycles. The molecule has 0 aliphatic carbocycles. The second-order valence-corrected chi connectivity index (χ2v) is 3.66. The Morgan fingerprint density at radius 2 is 2.00 bits per heavy atom. The van der Waals surface area contributed by atoms with Gasteiger partial charge in [0, 0.05) is 4.57 Å². The van der Waals surface area contributed by atoms with E-state index in [1.54, 1.807) is 31.2 Å². The molecule has 1 rings (SSSR count). The highest BCUT2D eigenvalue weighted by Crippen LogP contribution is 2.18. The van der Waals surface area contributed by atoms with Crippen molar-refractivity contribution in [3.05, 3.63) is 35.4 Å². The smallest absolute Gasteiger partial charge is 0.462 e. The molecular formula is C10H12O5P+. The average Bonchev–Trinajstić information content (AvgIpc) is 2.27. The molecule has 1 unspecified atom stereocenters. The summed E-state index contributed by atoms with van der Waals surface area (Å²) in [4.78, 5) is 19.7. The second kappa shape index (κ2) is 6.33. The number of esters is 1. The number of rotatable bonds is 5. The van der Waals surface area contributed by atoms with E-state index in [2.05, 4.69) is 4.52 Å². The fourth-order valence-electron chi connectivity index (χ4n) is 1.08. The summed E-state index contributed by atoms with van der Waals surface area (Å²) in [5.41, 5.74) is 1.16. The Balaban J connectivity index is 2.60. The van der Waals surface area contributed by atoms with Crippen LogP contribution < -0.4 is 0 Å². The molecule has 0 saturated heterocycles. The van der Waals surface area contributed by atoms with Gasteiger partial charge in [0.2, 0.25) is 0 Å². The molecule has 1 N–H and O–H groups in total. The Labute approximate surface area is 94.0 Å². The van der Waals surface area contributed by atoms with E-state index in [-0.39, 0.29) is 12.6 Å². The van der Waals surface area contributed by atoms with Crippen LogP contribution in [0.5, 0.6) is 0 Å². The Kier molecular flexibility index (Phi) is 5.05. The fourth-order valence-corrected chi connectivity index (χ4v) is 1.34. The lowest BCUT2D eigenvalue weighted by Crippen LogP contribution is -2.04. The second-order valence-electron chi connectivity index (χ2n) is 2.93. The van der Waals surface area contributed by atoms with Crippen LogP contribution in [0.4, 0.5) is 0 Å². The van der Waals surface area contributed by atoms with Gasteiger partial charge in [-0.05, 0) is 24.6 Å². The molecule has 0 fully saturated rings. The molecule has 16 heavy (non-hydrogen) atoms. The number of hydrogen-bond donors (Lipinski definition) is 1. The third kappa shape index (κ3) is 4.06. The quantitative estimate of drug-likeness (QED) is 0.632. The third-order valence-corrected chi connectivity index (χ3v) is 2.16. The predicted octanol–water partition coefficient (Wildman–Crippen LogP) is 2.03. The molecule has 1 aromatic rings. The highest BCUT2D eigenvalue weighted by molar-refractivity contribution is 7.32. The van der Waals surface area contributed by atoms with Gasteiger partial charge in [-0.3, -0.25) is 0 Å². The number of hydrogen-bond acceptors (Lipinski definition) is 4. The van der Waals surface area contributed by atoms with Gasteiger partial charge < -0.3 is 4.74 Å². The van der Waals surface area contributed by atoms with Crippen molar-refractivity contribution >= 4 is 14.2 Å². The molecule has 0 heterocycles. The number of ether oxygens (including phenoxy) is 1. The van der Waals surface area contributed by atoms with Gasteiger partial charge in [-0.15, -0.1) is 9.42 Å². The van der Waals surface area contributed by atoms with E-state index in [4.69, 9.17) is 9.63 Å². The Bertz CT molecular complexity index is 373. The fraction of sp³-hybridized carbons (Fsp3) is 0.300. The normalized spacial score (nSPS) is 11.0. The van der Waals surface area contributed by atoms with E-state index in [1.165, 1.54) is 0 Å². The van der Waals surface area contributed by atoms with E-state index in [1.807, 2.05) is 0 Å². The highest BCUT2D eigenvalue weighted by Gasteiger charge is 2.12. The van der Waals surface area contributed by atoms with Gasteiger partial charge >= 0.3 is 14.2 Å². The molecule has 5 nitrogen and oxygen atoms in total. The first kappa shape index (κ1) is 12.8. The first-order valence-electron chi connectivity index (χ1n) is 4.68. The van der Waals surface area contributed by atoms with Crippen molar-refractivity contribution in [2.75, 3.05) is 6.61 Å². The molecule has 1 atom stereocenters. The van der Waals surface area contributed by atoms with Gasteiger partial charge in [-0.1, -0.05) is 12.1 Å². The maximum Gasteiger partial charge on any atom is 0.695 e. The first-order valence-corrected chi connectivity index (χ1v) is 5.81. The summed E-state index contributed by atoms with van der Waals surface area (Å²) < 4.78 is 19.6. The van der Waals surface area contributed by atoms with Crippen molar-refractivity contribution in [3.8, 4) is 0 Å². The maximum absolute atomic E-state index is 11.3. The van der Waals surface area contributed by atoms with Crippen molar-refractivity contribution in [2.45, 2.75) is 13.5 Å². The van der Waals surface area contributed by atoms with Crippen LogP contribution in [0.25, 0.3) is 0 Å². The summed E-state index contributed by atoms with van der Waals surface area (Å²) in [6.45, 7) is 2.10. The lowest BCUT2D eigenvalue weighted by Gasteiger charge is -2.01. The summed E-state index contributed by atoms with van der Waals surface area (Å²) in [7, 11) is -2.59. The van der Waals surface area contributed by atoms with Crippen LogP contribution in [0, 0.1) is 0 Å². The first-order chi connectivity index (χ1) is 7.63. The van der Waals surface area contributed by atoms with Crippen molar-refractivity contribution in [1.82, 2.24) is 0 Å². The van der Waals surface area contributed by atoms with Crippen LogP contribution in [0.2, 0.25) is 0 Å². The van der Waals surface area contributed by atoms with Crippen LogP contribution in [0.15, 0.2) is 24.3 Å². The van der Waals surface area contributed by atoms with E-state index in [9.17, 15) is 9.36 Å². The van der Waals surface area contributed by atoms with Crippen molar-refractivity contribution in [3.63, 3.8) is 0 Å². The summed E-state index contributed by atoms with van der Waals surface area (Å²) in [6.07, 6.45) is 0. The Morgan fingerprint density at radius 3 is 2.50 bits per heavy atom. The molecular weight excluding hydrogens is 231 g/mol. The van der Waals surface area contributed by atoms with Crippen LogP contribution in [0.3, 0.4) is 0 Å². The van der Waals surface area contributed by atoms with E-state index in [0.717, 1.165) is 0 Å². The van der Waals surface area contributed by atoms with Crippen LogP contribution >= 0.6 is 8.25 Å². The minimum absolute atomic E-state index is 0.0365. The van der Waals surface area contributed by atoms with E-state index >= 15 is 0 Å². The van der Waals surface area contributed by atoms with Gasteiger partial charge in [0.05, 0.1) is 12.2 Å². The zero-order valence-electron chi connectivity index (χ0n) is 8.75. The van der Waals surface area contributed by atoms with Crippen molar-refractivity contribution in [2.24, 2.45) is 0 Å². The molecule has 0 aliphatic rings. The summed E-state index contributed by atoms with van der Waals surface area (Å²) >= 11 is 0. The summed E-state index contributed by atoms with van der Waals surface area (Å²) in [5, 5.41) is 0. The van der Waals surface area contributed by atoms with E-state index < -0.39 is 8.25 Å². The Hall–Kier alpha value is -1.29. The predicted molar refractivity (Wildman–Crippen MR) is 57.0 cm³/mol. The van der Waals surface area contributed by atoms with Crippen LogP contribution in [0.1, 0.15) is 22.8 Å². The minimum atomic E-state index is -2.59. The lowest BCUT2D eigenvalue weighted by atomic mass is 10.1. The number of carbonyl (C=O) groups is 1. The minimum Gasteiger partial charge on any atom is -0.462 e. The van der Waals surface area contributed by atoms with Crippen molar-refractivity contribution in [1.29, 1.82) is 0 Å². The third-order valence-electron chi connectivity index (χ3n) is 1.81. The van der Waals surface area contributed by atoms with Crippen LogP contribution in [-0.4, -0.2) is 17.5 Å². The summed E-state index contributed by atoms with van der Waals surface area (Å²) in [5.74, 6) is -0.386. The SMILES string of the molecule is CCOC(=O)c1ccc(CO[P+](=O)O)cc1. The molecule has 0 saturated carbocycles. The zero-order chi connectivity index (χ0) is 12.0. The molecule has 0 radical (unpaired) electrons. The molecule has 6 heteroatoms. The van der Waals surface area contributed by atoms with Crippen molar-refractivity contribution < 1.29 is 23.5 Å². The Morgan fingerprint density at radius 1 is 1.38 bits per heavy atom. The molecule has 0 spiro atoms. The van der Waals surface area contributed by atoms with Gasteiger partial charge in [0.25, 0.3) is 0 Å². The standard InChI is InChI=1S/C10H11O5P/c1-2-14-10(11)9-5-3-8(4-6-9)7-15-16(12)13/h3-6H,2,7H2,1H3/p+1. The van der Waals surface area contributed by atoms with Gasteiger partial charge in [0.1, 0.15) is 6.61 Å². The topological polar surface area (TPSA) is 72.8 Å². The van der Waals surface area contributed by atoms with Gasteiger partial charge in [-0.25, -0.2) is 4.79 Å². The average molecular weight is 243 g/mol. The monoisotopic (exact) mass is 243 g/mol. The molecule has 0 aromatic heterocycles. The molecule has 0 bridgehead atoms. The number of carbonyl (C=O) groups excluding carboxylic acids is 1. The zero-order valence-corrected chi connectivity index (χ0v) is 9.65. The maximum atomic E-state index is 11.3. The molecule has 0 amide bonds. The molecule has 86 valence electrons. The van der Waals surface area contributed by atoms with Gasteiger partial charge in [0.15, 0.2) is 0 Å².